The van der Waals surface area contributed by atoms with Crippen LogP contribution >= 0.6 is 0 Å². The second-order valence-electron chi connectivity index (χ2n) is 6.72. The fourth-order valence-electron chi connectivity index (χ4n) is 2.96. The Morgan fingerprint density at radius 2 is 1.75 bits per heavy atom. The predicted octanol–water partition coefficient (Wildman–Crippen LogP) is 3.15. The van der Waals surface area contributed by atoms with Gasteiger partial charge in [-0.1, -0.05) is 12.1 Å². The monoisotopic (exact) mass is 452 g/mol. The van der Waals surface area contributed by atoms with Gasteiger partial charge >= 0.3 is 12.0 Å². The Morgan fingerprint density at radius 3 is 2.38 bits per heavy atom. The zero-order valence-electron chi connectivity index (χ0n) is 16.7. The van der Waals surface area contributed by atoms with Gasteiger partial charge < -0.3 is 21.5 Å². The molecule has 2 aromatic carbocycles. The zero-order chi connectivity index (χ0) is 23.1. The Hall–Kier alpha value is -4.05. The number of aromatic nitrogens is 1. The molecule has 0 aliphatic carbocycles. The minimum absolute atomic E-state index is 0.307. The summed E-state index contributed by atoms with van der Waals surface area (Å²) in [5.41, 5.74) is 6.80. The fraction of sp³-hybridized carbons (Fsp3) is 0.0909. The third-order valence-corrected chi connectivity index (χ3v) is 6.10. The van der Waals surface area contributed by atoms with Gasteiger partial charge in [0.1, 0.15) is 0 Å². The molecule has 1 heterocycles. The van der Waals surface area contributed by atoms with Gasteiger partial charge in [0.2, 0.25) is 0 Å². The van der Waals surface area contributed by atoms with Crippen LogP contribution in [-0.4, -0.2) is 32.2 Å². The van der Waals surface area contributed by atoms with E-state index in [1.807, 2.05) is 0 Å². The zero-order valence-corrected chi connectivity index (χ0v) is 17.5. The number of hydrogen-bond donors (Lipinski definition) is 4. The van der Waals surface area contributed by atoms with Crippen molar-refractivity contribution in [1.82, 2.24) is 4.98 Å². The highest BCUT2D eigenvalue weighted by atomic mass is 32.2. The minimum Gasteiger partial charge on any atom is -0.481 e. The Bertz CT molecular complexity index is 1150. The van der Waals surface area contributed by atoms with Gasteiger partial charge in [-0.25, -0.2) is 4.79 Å². The van der Waals surface area contributed by atoms with Crippen LogP contribution in [0.3, 0.4) is 0 Å². The number of benzene rings is 2. The van der Waals surface area contributed by atoms with Crippen molar-refractivity contribution >= 4 is 40.1 Å². The van der Waals surface area contributed by atoms with Crippen LogP contribution in [0.25, 0.3) is 0 Å². The topological polar surface area (TPSA) is 151 Å². The Morgan fingerprint density at radius 1 is 1.00 bits per heavy atom. The Labute approximate surface area is 186 Å². The lowest BCUT2D eigenvalue weighted by Crippen LogP contribution is -2.19. The molecule has 0 bridgehead atoms. The molecule has 5 N–H and O–H groups in total. The van der Waals surface area contributed by atoms with Gasteiger partial charge in [0, 0.05) is 34.2 Å². The summed E-state index contributed by atoms with van der Waals surface area (Å²) in [5, 5.41) is 13.6. The minimum atomic E-state index is -1.64. The SMILES string of the molecule is NC(=O)Nc1cccc(C(=O)Nc2ccc(S(=O)C(CC(=O)O)c3cccnc3)cc2)c1. The molecule has 3 amide bonds. The van der Waals surface area contributed by atoms with Crippen molar-refractivity contribution in [1.29, 1.82) is 0 Å². The van der Waals surface area contributed by atoms with Gasteiger partial charge in [-0.05, 0) is 54.1 Å². The molecule has 2 unspecified atom stereocenters. The second kappa shape index (κ2) is 10.3. The molecule has 0 aliphatic rings. The normalized spacial score (nSPS) is 12.4. The fourth-order valence-corrected chi connectivity index (χ4v) is 4.38. The van der Waals surface area contributed by atoms with Gasteiger partial charge in [-0.3, -0.25) is 18.8 Å². The number of carboxylic acid groups (broad SMARTS) is 1. The number of nitrogens with zero attached hydrogens (tertiary/aromatic N) is 1. The summed E-state index contributed by atoms with van der Waals surface area (Å²) in [6.45, 7) is 0. The molecule has 0 radical (unpaired) electrons. The third kappa shape index (κ3) is 5.99. The van der Waals surface area contributed by atoms with Crippen molar-refractivity contribution in [3.8, 4) is 0 Å². The van der Waals surface area contributed by atoms with E-state index in [4.69, 9.17) is 5.73 Å². The van der Waals surface area contributed by atoms with Crippen LogP contribution in [0.1, 0.15) is 27.6 Å². The molecule has 2 atom stereocenters. The van der Waals surface area contributed by atoms with E-state index in [-0.39, 0.29) is 6.42 Å². The lowest BCUT2D eigenvalue weighted by atomic mass is 10.1. The van der Waals surface area contributed by atoms with Crippen molar-refractivity contribution in [2.24, 2.45) is 5.73 Å². The lowest BCUT2D eigenvalue weighted by molar-refractivity contribution is -0.137. The number of pyridine rings is 1. The first-order valence-corrected chi connectivity index (χ1v) is 10.6. The van der Waals surface area contributed by atoms with E-state index in [2.05, 4.69) is 15.6 Å². The van der Waals surface area contributed by atoms with Crippen LogP contribution in [0.15, 0.2) is 78.0 Å². The number of nitrogens with one attached hydrogen (secondary N) is 2. The summed E-state index contributed by atoms with van der Waals surface area (Å²) in [6.07, 6.45) is 2.75. The van der Waals surface area contributed by atoms with Gasteiger partial charge in [-0.2, -0.15) is 0 Å². The number of nitrogens with two attached hydrogens (primary N) is 1. The molecule has 164 valence electrons. The number of anilines is 2. The van der Waals surface area contributed by atoms with Crippen molar-refractivity contribution in [2.45, 2.75) is 16.6 Å². The first-order valence-electron chi connectivity index (χ1n) is 9.43. The van der Waals surface area contributed by atoms with Crippen LogP contribution in [-0.2, 0) is 15.6 Å². The average molecular weight is 452 g/mol. The second-order valence-corrected chi connectivity index (χ2v) is 8.35. The highest BCUT2D eigenvalue weighted by Gasteiger charge is 2.24. The molecular formula is C22H20N4O5S. The Balaban J connectivity index is 1.74. The number of hydrogen-bond acceptors (Lipinski definition) is 5. The molecule has 3 aromatic rings. The first-order chi connectivity index (χ1) is 15.3. The molecule has 1 aromatic heterocycles. The summed E-state index contributed by atoms with van der Waals surface area (Å²) in [4.78, 5) is 39.2. The van der Waals surface area contributed by atoms with E-state index < -0.39 is 34.0 Å². The number of amides is 3. The van der Waals surface area contributed by atoms with E-state index in [0.717, 1.165) is 0 Å². The maximum Gasteiger partial charge on any atom is 0.316 e. The molecule has 0 saturated carbocycles. The largest absolute Gasteiger partial charge is 0.481 e. The summed E-state index contributed by atoms with van der Waals surface area (Å²) in [7, 11) is -1.64. The Kier molecular flexibility index (Phi) is 7.29. The quantitative estimate of drug-likeness (QED) is 0.412. The van der Waals surface area contributed by atoms with Crippen LogP contribution < -0.4 is 16.4 Å². The van der Waals surface area contributed by atoms with Crippen LogP contribution in [0, 0.1) is 0 Å². The lowest BCUT2D eigenvalue weighted by Gasteiger charge is -2.15. The van der Waals surface area contributed by atoms with Crippen molar-refractivity contribution < 1.29 is 23.7 Å². The van der Waals surface area contributed by atoms with Gasteiger partial charge in [0.05, 0.1) is 22.5 Å². The molecule has 0 spiro atoms. The highest BCUT2D eigenvalue weighted by molar-refractivity contribution is 7.85. The number of rotatable bonds is 8. The summed E-state index contributed by atoms with van der Waals surface area (Å²) in [6, 6.07) is 15.2. The average Bonchev–Trinajstić information content (AvgIpc) is 2.78. The standard InChI is InChI=1S/C22H20N4O5S/c23-22(30)26-17-5-1-3-14(11-17)21(29)25-16-6-8-18(9-7-16)32(31)19(12-20(27)28)15-4-2-10-24-13-15/h1-11,13,19H,12H2,(H,25,29)(H,27,28)(H3,23,26,30). The number of carboxylic acids is 1. The number of urea groups is 1. The number of aliphatic carboxylic acids is 1. The third-order valence-electron chi connectivity index (χ3n) is 4.41. The molecular weight excluding hydrogens is 432 g/mol. The molecule has 0 fully saturated rings. The van der Waals surface area contributed by atoms with Gasteiger partial charge in [0.15, 0.2) is 0 Å². The highest BCUT2D eigenvalue weighted by Crippen LogP contribution is 2.28. The number of carbonyl (C=O) groups is 3. The van der Waals surface area contributed by atoms with E-state index in [9.17, 15) is 23.7 Å². The summed E-state index contributed by atoms with van der Waals surface area (Å²) >= 11 is 0. The first kappa shape index (κ1) is 22.6. The maximum atomic E-state index is 13.0. The molecule has 9 nitrogen and oxygen atoms in total. The predicted molar refractivity (Wildman–Crippen MR) is 120 cm³/mol. The van der Waals surface area contributed by atoms with Crippen molar-refractivity contribution in [3.05, 3.63) is 84.2 Å². The van der Waals surface area contributed by atoms with E-state index in [0.29, 0.717) is 27.4 Å². The molecule has 10 heteroatoms. The molecule has 0 saturated heterocycles. The maximum absolute atomic E-state index is 13.0. The van der Waals surface area contributed by atoms with E-state index >= 15 is 0 Å². The van der Waals surface area contributed by atoms with Crippen LogP contribution in [0.4, 0.5) is 16.2 Å². The van der Waals surface area contributed by atoms with Crippen molar-refractivity contribution in [2.75, 3.05) is 10.6 Å². The van der Waals surface area contributed by atoms with Crippen molar-refractivity contribution in [3.63, 3.8) is 0 Å². The van der Waals surface area contributed by atoms with Gasteiger partial charge in [0.25, 0.3) is 5.91 Å². The smallest absolute Gasteiger partial charge is 0.316 e. The number of primary amides is 1. The summed E-state index contributed by atoms with van der Waals surface area (Å²) in [5.74, 6) is -1.48. The van der Waals surface area contributed by atoms with E-state index in [1.165, 1.54) is 12.3 Å². The number of carbonyl (C=O) groups excluding carboxylic acids is 2. The molecule has 3 rings (SSSR count). The van der Waals surface area contributed by atoms with Crippen LogP contribution in [0.5, 0.6) is 0 Å². The van der Waals surface area contributed by atoms with E-state index in [1.54, 1.807) is 60.8 Å². The van der Waals surface area contributed by atoms with Gasteiger partial charge in [-0.15, -0.1) is 0 Å². The molecule has 0 aliphatic heterocycles. The summed E-state index contributed by atoms with van der Waals surface area (Å²) < 4.78 is 13.0. The molecule has 32 heavy (non-hydrogen) atoms. The van der Waals surface area contributed by atoms with Crippen LogP contribution in [0.2, 0.25) is 0 Å².